The number of carbonyl (C=O) groups is 5. The minimum atomic E-state index is -2.80. The van der Waals surface area contributed by atoms with Crippen molar-refractivity contribution in [3.63, 3.8) is 0 Å². The molecular formula is C53H84NO15P. The molecule has 1 amide bonds. The third-order valence-electron chi connectivity index (χ3n) is 14.9. The number of aliphatic hydroxyl groups is 3. The molecule has 1 saturated carbocycles. The monoisotopic (exact) mass is 1010 g/mol. The van der Waals surface area contributed by atoms with Crippen molar-refractivity contribution in [2.75, 3.05) is 47.8 Å². The van der Waals surface area contributed by atoms with Crippen LogP contribution in [0.5, 0.6) is 0 Å². The maximum absolute atomic E-state index is 14.5. The summed E-state index contributed by atoms with van der Waals surface area (Å²) in [6.45, 7) is 13.4. The van der Waals surface area contributed by atoms with Crippen molar-refractivity contribution < 1.29 is 72.1 Å². The number of fused-ring (bicyclic) bond motifs is 3. The first-order valence-corrected chi connectivity index (χ1v) is 27.8. The molecule has 0 aromatic rings. The Morgan fingerprint density at radius 3 is 2.23 bits per heavy atom. The molecule has 17 heteroatoms. The third-order valence-corrected chi connectivity index (χ3v) is 15.6. The molecular weight excluding hydrogens is 922 g/mol. The van der Waals surface area contributed by atoms with Crippen molar-refractivity contribution >= 4 is 36.6 Å². The van der Waals surface area contributed by atoms with E-state index >= 15 is 0 Å². The summed E-state index contributed by atoms with van der Waals surface area (Å²) in [5.41, 5.74) is 1.19. The second-order valence-electron chi connectivity index (χ2n) is 20.9. The summed E-state index contributed by atoms with van der Waals surface area (Å²) in [5.74, 6) is -9.17. The van der Waals surface area contributed by atoms with Gasteiger partial charge in [-0.15, -0.1) is 0 Å². The topological polar surface area (TPSA) is 222 Å². The van der Waals surface area contributed by atoms with E-state index in [9.17, 15) is 43.9 Å². The second-order valence-corrected chi connectivity index (χ2v) is 23.6. The first kappa shape index (κ1) is 59.4. The van der Waals surface area contributed by atoms with E-state index in [1.165, 1.54) is 7.11 Å². The molecule has 0 aromatic carbocycles. The van der Waals surface area contributed by atoms with Gasteiger partial charge >= 0.3 is 5.97 Å². The molecule has 15 atom stereocenters. The zero-order chi connectivity index (χ0) is 52.1. The van der Waals surface area contributed by atoms with E-state index in [0.717, 1.165) is 10.5 Å². The molecule has 2 bridgehead atoms. The molecule has 3 heterocycles. The van der Waals surface area contributed by atoms with Crippen LogP contribution in [0.4, 0.5) is 0 Å². The van der Waals surface area contributed by atoms with Crippen molar-refractivity contribution in [3.05, 3.63) is 47.6 Å². The van der Waals surface area contributed by atoms with Gasteiger partial charge in [0, 0.05) is 71.8 Å². The van der Waals surface area contributed by atoms with Crippen molar-refractivity contribution in [3.8, 4) is 0 Å². The lowest BCUT2D eigenvalue weighted by Gasteiger charge is -2.43. The van der Waals surface area contributed by atoms with Gasteiger partial charge in [-0.1, -0.05) is 64.2 Å². The molecule has 16 nitrogen and oxygen atoms in total. The van der Waals surface area contributed by atoms with E-state index in [0.29, 0.717) is 56.9 Å². The highest BCUT2D eigenvalue weighted by molar-refractivity contribution is 7.57. The van der Waals surface area contributed by atoms with Crippen LogP contribution < -0.4 is 0 Å². The van der Waals surface area contributed by atoms with Gasteiger partial charge in [-0.25, -0.2) is 4.79 Å². The molecule has 3 fully saturated rings. The summed E-state index contributed by atoms with van der Waals surface area (Å²) in [6.07, 6.45) is 10.3. The fourth-order valence-electron chi connectivity index (χ4n) is 10.7. The number of allylic oxidation sites excluding steroid dienone is 6. The SMILES string of the molecule is CO[C@H]1C[C@@H]2CCC(CO)[C@@](O)(O2)C(=O)C(=O)N2CCCC[C@H]2C(=O)O[C@H]([C@H](C)C[C@@H]2CC[C@@H](OP(C)(C)=O)[C@H](OC)C2)CC(=O)[C@H](C)/C=C(\C)[C@@H](O)[C@@H](OC)C(=O)[C@H](C)C[C@H](C)/C=C/C=C/C=C/1C. The minimum absolute atomic E-state index is 0.00651. The summed E-state index contributed by atoms with van der Waals surface area (Å²) in [5, 5.41) is 33.9. The van der Waals surface area contributed by atoms with E-state index < -0.39 is 97.7 Å². The largest absolute Gasteiger partial charge is 0.460 e. The molecule has 4 aliphatic rings. The van der Waals surface area contributed by atoms with Gasteiger partial charge in [0.25, 0.3) is 11.7 Å². The number of hydrogen-bond donors (Lipinski definition) is 3. The summed E-state index contributed by atoms with van der Waals surface area (Å²) < 4.78 is 48.1. The van der Waals surface area contributed by atoms with Crippen LogP contribution in [0.15, 0.2) is 47.6 Å². The lowest BCUT2D eigenvalue weighted by Crippen LogP contribution is -2.62. The molecule has 396 valence electrons. The van der Waals surface area contributed by atoms with E-state index in [1.54, 1.807) is 54.4 Å². The average Bonchev–Trinajstić information content (AvgIpc) is 3.31. The predicted octanol–water partition coefficient (Wildman–Crippen LogP) is 6.72. The van der Waals surface area contributed by atoms with Crippen LogP contribution in [-0.4, -0.2) is 152 Å². The number of aliphatic hydroxyl groups excluding tert-OH is 2. The number of ether oxygens (including phenoxy) is 5. The average molecular weight is 1010 g/mol. The number of amides is 1. The van der Waals surface area contributed by atoms with Crippen LogP contribution in [0.25, 0.3) is 0 Å². The lowest BCUT2D eigenvalue weighted by atomic mass is 9.78. The maximum atomic E-state index is 14.5. The molecule has 0 spiro atoms. The molecule has 3 aliphatic heterocycles. The molecule has 3 N–H and O–H groups in total. The Hall–Kier alpha value is -3.18. The van der Waals surface area contributed by atoms with Gasteiger partial charge in [-0.05, 0) is 107 Å². The summed E-state index contributed by atoms with van der Waals surface area (Å²) >= 11 is 0. The van der Waals surface area contributed by atoms with Gasteiger partial charge in [0.15, 0.2) is 13.2 Å². The molecule has 0 radical (unpaired) electrons. The van der Waals surface area contributed by atoms with E-state index in [2.05, 4.69) is 0 Å². The minimum Gasteiger partial charge on any atom is -0.460 e. The molecule has 1 unspecified atom stereocenters. The quantitative estimate of drug-likeness (QED) is 0.0945. The number of methoxy groups -OCH3 is 3. The third kappa shape index (κ3) is 16.2. The Kier molecular flexibility index (Phi) is 23.1. The number of Topliss-reactive ketones (excluding diaryl/α,β-unsaturated/α-hetero) is 3. The molecule has 1 aliphatic carbocycles. The van der Waals surface area contributed by atoms with Gasteiger partial charge in [-0.3, -0.25) is 23.7 Å². The Morgan fingerprint density at radius 1 is 0.871 bits per heavy atom. The number of hydrogen-bond acceptors (Lipinski definition) is 15. The van der Waals surface area contributed by atoms with Crippen molar-refractivity contribution in [1.82, 2.24) is 4.90 Å². The first-order valence-electron chi connectivity index (χ1n) is 25.3. The van der Waals surface area contributed by atoms with E-state index in [4.69, 9.17) is 28.2 Å². The fraction of sp³-hybridized carbons (Fsp3) is 0.755. The van der Waals surface area contributed by atoms with Gasteiger partial charge < -0.3 is 48.4 Å². The van der Waals surface area contributed by atoms with Gasteiger partial charge in [-0.2, -0.15) is 0 Å². The zero-order valence-electron chi connectivity index (χ0n) is 43.6. The Labute approximate surface area is 416 Å². The molecule has 0 aromatic heterocycles. The number of nitrogens with zero attached hydrogens (tertiary/aromatic N) is 1. The number of cyclic esters (lactones) is 1. The standard InChI is InChI=1S/C53H84NO15P/c1-32-17-13-12-14-18-33(2)44(64-7)29-40-22-21-39(31-55)53(62,68-40)50(59)51(60)54-24-16-15-19-41(54)52(61)67-45(35(4)27-38-20-23-43(46(28-38)65-8)69-70(10,11)63)30-42(56)34(3)26-37(6)48(58)49(66-9)47(57)36(5)25-32/h12-14,17-18,26,32,34-36,38-41,43-46,48-49,55,58,62H,15-16,19-25,27-31H2,1-11H3/b14-12+,17-13+,33-18+,37-26+/t32-,34-,35-,36-,38+,39?,40+,41+,43-,44+,45+,46-,48-,49+,53-/m1/s1. The van der Waals surface area contributed by atoms with Crippen LogP contribution in [0, 0.1) is 35.5 Å². The van der Waals surface area contributed by atoms with Crippen LogP contribution in [-0.2, 0) is 56.7 Å². The maximum Gasteiger partial charge on any atom is 0.329 e. The van der Waals surface area contributed by atoms with Crippen molar-refractivity contribution in [2.24, 2.45) is 35.5 Å². The van der Waals surface area contributed by atoms with Crippen molar-refractivity contribution in [1.29, 1.82) is 0 Å². The van der Waals surface area contributed by atoms with Gasteiger partial charge in [0.1, 0.15) is 30.1 Å². The smallest absolute Gasteiger partial charge is 0.329 e. The molecule has 2 saturated heterocycles. The van der Waals surface area contributed by atoms with Crippen LogP contribution in [0.2, 0.25) is 0 Å². The predicted molar refractivity (Wildman–Crippen MR) is 265 cm³/mol. The first-order chi connectivity index (χ1) is 33.0. The van der Waals surface area contributed by atoms with Gasteiger partial charge in [0.05, 0.1) is 31.0 Å². The fourth-order valence-corrected chi connectivity index (χ4v) is 11.5. The number of ketones is 3. The summed E-state index contributed by atoms with van der Waals surface area (Å²) in [7, 11) is 1.69. The molecule has 4 rings (SSSR count). The Morgan fingerprint density at radius 2 is 1.59 bits per heavy atom. The molecule has 70 heavy (non-hydrogen) atoms. The highest BCUT2D eigenvalue weighted by Crippen LogP contribution is 2.45. The second kappa shape index (κ2) is 27.2. The zero-order valence-corrected chi connectivity index (χ0v) is 44.5. The lowest BCUT2D eigenvalue weighted by molar-refractivity contribution is -0.272. The van der Waals surface area contributed by atoms with Crippen LogP contribution >= 0.6 is 7.37 Å². The van der Waals surface area contributed by atoms with Gasteiger partial charge in [0.2, 0.25) is 5.79 Å². The van der Waals surface area contributed by atoms with Crippen LogP contribution in [0.3, 0.4) is 0 Å². The Balaban J connectivity index is 1.72. The number of esters is 1. The normalized spacial score (nSPS) is 38.6. The summed E-state index contributed by atoms with van der Waals surface area (Å²) in [6, 6.07) is -1.22. The number of piperidine rings is 1. The number of carbonyl (C=O) groups excluding carboxylic acids is 5. The Bertz CT molecular complexity index is 1960. The van der Waals surface area contributed by atoms with E-state index in [-0.39, 0.29) is 67.8 Å². The highest BCUT2D eigenvalue weighted by Gasteiger charge is 2.54. The van der Waals surface area contributed by atoms with E-state index in [1.807, 2.05) is 51.2 Å². The van der Waals surface area contributed by atoms with Crippen LogP contribution in [0.1, 0.15) is 119 Å². The highest BCUT2D eigenvalue weighted by atomic mass is 31.2. The summed E-state index contributed by atoms with van der Waals surface area (Å²) in [4.78, 5) is 72.3. The number of rotatable bonds is 9. The van der Waals surface area contributed by atoms with Crippen molar-refractivity contribution in [2.45, 2.75) is 173 Å².